The van der Waals surface area contributed by atoms with Gasteiger partial charge in [0.1, 0.15) is 19.8 Å². The Balaban J connectivity index is 1.54. The number of benzene rings is 3. The maximum atomic E-state index is 13.4. The Bertz CT molecular complexity index is 1310. The quantitative estimate of drug-likeness (QED) is 0.394. The third-order valence-electron chi connectivity index (χ3n) is 5.00. The van der Waals surface area contributed by atoms with Crippen LogP contribution in [0, 0.1) is 6.92 Å². The van der Waals surface area contributed by atoms with E-state index in [4.69, 9.17) is 21.1 Å². The number of anilines is 1. The van der Waals surface area contributed by atoms with Gasteiger partial charge >= 0.3 is 0 Å². The predicted molar refractivity (Wildman–Crippen MR) is 130 cm³/mol. The first kappa shape index (κ1) is 23.6. The van der Waals surface area contributed by atoms with E-state index >= 15 is 0 Å². The summed E-state index contributed by atoms with van der Waals surface area (Å²) in [7, 11) is -4.03. The summed E-state index contributed by atoms with van der Waals surface area (Å²) in [5.74, 6) is 0.514. The highest BCUT2D eigenvalue weighted by molar-refractivity contribution is 7.92. The van der Waals surface area contributed by atoms with E-state index < -0.39 is 22.5 Å². The van der Waals surface area contributed by atoms with Crippen LogP contribution in [0.1, 0.15) is 11.1 Å². The van der Waals surface area contributed by atoms with E-state index in [9.17, 15) is 13.2 Å². The minimum Gasteiger partial charge on any atom is -0.486 e. The molecular weight excluding hydrogens is 478 g/mol. The molecule has 3 aromatic carbocycles. The molecule has 0 unspecified atom stereocenters. The van der Waals surface area contributed by atoms with Crippen LogP contribution in [-0.2, 0) is 14.8 Å². The molecule has 1 N–H and O–H groups in total. The van der Waals surface area contributed by atoms with Gasteiger partial charge in [0.2, 0.25) is 0 Å². The van der Waals surface area contributed by atoms with Gasteiger partial charge < -0.3 is 9.47 Å². The van der Waals surface area contributed by atoms with E-state index in [-0.39, 0.29) is 4.90 Å². The minimum atomic E-state index is -4.03. The lowest BCUT2D eigenvalue weighted by molar-refractivity contribution is -0.119. The standard InChI is InChI=1S/C24H22ClN3O5S/c1-17-5-11-21(12-6-17)34(30,31)28(20-9-7-19(25)8-10-20)16-23(29)27-26-15-18-3-2-4-22-24(18)33-14-13-32-22/h2-12,15H,13-14,16H2,1H3,(H,27,29)/b26-15-. The average Bonchev–Trinajstić information content (AvgIpc) is 2.83. The third-order valence-corrected chi connectivity index (χ3v) is 7.04. The summed E-state index contributed by atoms with van der Waals surface area (Å²) in [5, 5.41) is 4.42. The van der Waals surface area contributed by atoms with Crippen LogP contribution in [0.2, 0.25) is 5.02 Å². The fourth-order valence-corrected chi connectivity index (χ4v) is 4.84. The van der Waals surface area contributed by atoms with E-state index in [0.29, 0.717) is 41.0 Å². The van der Waals surface area contributed by atoms with Gasteiger partial charge in [0, 0.05) is 10.6 Å². The molecule has 0 aromatic heterocycles. The molecule has 0 radical (unpaired) electrons. The Kier molecular flexibility index (Phi) is 7.04. The number of carbonyl (C=O) groups excluding carboxylic acids is 1. The van der Waals surface area contributed by atoms with Crippen molar-refractivity contribution in [3.63, 3.8) is 0 Å². The van der Waals surface area contributed by atoms with Crippen LogP contribution in [0.25, 0.3) is 0 Å². The Morgan fingerprint density at radius 2 is 1.76 bits per heavy atom. The normalized spacial score (nSPS) is 13.0. The van der Waals surface area contributed by atoms with Crippen LogP contribution in [-0.4, -0.2) is 40.3 Å². The number of amides is 1. The number of sulfonamides is 1. The van der Waals surface area contributed by atoms with Crippen LogP contribution in [0.5, 0.6) is 11.5 Å². The molecule has 176 valence electrons. The van der Waals surface area contributed by atoms with Gasteiger partial charge in [-0.15, -0.1) is 0 Å². The lowest BCUT2D eigenvalue weighted by Gasteiger charge is -2.23. The summed E-state index contributed by atoms with van der Waals surface area (Å²) in [6.07, 6.45) is 1.42. The second-order valence-electron chi connectivity index (χ2n) is 7.47. The van der Waals surface area contributed by atoms with Gasteiger partial charge in [0.25, 0.3) is 15.9 Å². The monoisotopic (exact) mass is 499 g/mol. The number of halogens is 1. The molecule has 0 aliphatic carbocycles. The van der Waals surface area contributed by atoms with Crippen molar-refractivity contribution < 1.29 is 22.7 Å². The number of hydrogen-bond acceptors (Lipinski definition) is 6. The first-order valence-electron chi connectivity index (χ1n) is 10.4. The van der Waals surface area contributed by atoms with Crippen LogP contribution in [0.15, 0.2) is 76.7 Å². The largest absolute Gasteiger partial charge is 0.486 e. The van der Waals surface area contributed by atoms with Crippen molar-refractivity contribution in [1.82, 2.24) is 5.43 Å². The molecule has 0 spiro atoms. The van der Waals surface area contributed by atoms with Crippen molar-refractivity contribution in [2.24, 2.45) is 5.10 Å². The average molecular weight is 500 g/mol. The Morgan fingerprint density at radius 3 is 2.50 bits per heavy atom. The van der Waals surface area contributed by atoms with E-state index in [0.717, 1.165) is 9.87 Å². The molecule has 4 rings (SSSR count). The first-order chi connectivity index (χ1) is 16.3. The number of fused-ring (bicyclic) bond motifs is 1. The van der Waals surface area contributed by atoms with Crippen LogP contribution >= 0.6 is 11.6 Å². The van der Waals surface area contributed by atoms with Crippen molar-refractivity contribution in [3.8, 4) is 11.5 Å². The Labute approximate surface area is 202 Å². The number of nitrogens with zero attached hydrogens (tertiary/aromatic N) is 2. The minimum absolute atomic E-state index is 0.0670. The number of carbonyl (C=O) groups is 1. The van der Waals surface area contributed by atoms with E-state index in [1.165, 1.54) is 30.5 Å². The van der Waals surface area contributed by atoms with Crippen LogP contribution in [0.3, 0.4) is 0 Å². The maximum absolute atomic E-state index is 13.4. The number of para-hydroxylation sites is 1. The van der Waals surface area contributed by atoms with E-state index in [2.05, 4.69) is 10.5 Å². The van der Waals surface area contributed by atoms with Crippen molar-refractivity contribution in [3.05, 3.63) is 82.9 Å². The molecule has 0 bridgehead atoms. The Hall–Kier alpha value is -3.56. The smallest absolute Gasteiger partial charge is 0.264 e. The molecule has 8 nitrogen and oxygen atoms in total. The molecular formula is C24H22ClN3O5S. The maximum Gasteiger partial charge on any atom is 0.264 e. The molecule has 0 atom stereocenters. The first-order valence-corrected chi connectivity index (χ1v) is 12.2. The number of rotatable bonds is 7. The Morgan fingerprint density at radius 1 is 1.06 bits per heavy atom. The van der Waals surface area contributed by atoms with Gasteiger partial charge in [-0.1, -0.05) is 35.4 Å². The molecule has 1 aliphatic rings. The fraction of sp³-hybridized carbons (Fsp3) is 0.167. The highest BCUT2D eigenvalue weighted by atomic mass is 35.5. The number of nitrogens with one attached hydrogen (secondary N) is 1. The summed E-state index contributed by atoms with van der Waals surface area (Å²) in [6, 6.07) is 17.9. The van der Waals surface area contributed by atoms with Crippen LogP contribution < -0.4 is 19.2 Å². The third kappa shape index (κ3) is 5.32. The van der Waals surface area contributed by atoms with Gasteiger partial charge in [-0.2, -0.15) is 5.10 Å². The van der Waals surface area contributed by atoms with Gasteiger partial charge in [0.05, 0.1) is 16.8 Å². The van der Waals surface area contributed by atoms with Gasteiger partial charge in [0.15, 0.2) is 11.5 Å². The predicted octanol–water partition coefficient (Wildman–Crippen LogP) is 3.77. The summed E-state index contributed by atoms with van der Waals surface area (Å²) < 4.78 is 38.9. The SMILES string of the molecule is Cc1ccc(S(=O)(=O)N(CC(=O)N/N=C\c2cccc3c2OCCO3)c2ccc(Cl)cc2)cc1. The topological polar surface area (TPSA) is 97.3 Å². The fourth-order valence-electron chi connectivity index (χ4n) is 3.30. The lowest BCUT2D eigenvalue weighted by atomic mass is 10.2. The molecule has 10 heteroatoms. The highest BCUT2D eigenvalue weighted by Gasteiger charge is 2.27. The molecule has 0 saturated carbocycles. The molecule has 0 fully saturated rings. The van der Waals surface area contributed by atoms with Crippen molar-refractivity contribution >= 4 is 39.4 Å². The van der Waals surface area contributed by atoms with Gasteiger partial charge in [-0.05, 0) is 55.5 Å². The molecule has 3 aromatic rings. The van der Waals surface area contributed by atoms with E-state index in [1.54, 1.807) is 42.5 Å². The second-order valence-corrected chi connectivity index (χ2v) is 9.76. The number of aryl methyl sites for hydroxylation is 1. The molecule has 1 aliphatic heterocycles. The lowest BCUT2D eigenvalue weighted by Crippen LogP contribution is -2.39. The highest BCUT2D eigenvalue weighted by Crippen LogP contribution is 2.32. The zero-order chi connectivity index (χ0) is 24.1. The summed E-state index contributed by atoms with van der Waals surface area (Å²) >= 11 is 5.96. The molecule has 0 saturated heterocycles. The summed E-state index contributed by atoms with van der Waals surface area (Å²) in [4.78, 5) is 12.8. The second kappa shape index (κ2) is 10.1. The van der Waals surface area contributed by atoms with Crippen molar-refractivity contribution in [1.29, 1.82) is 0 Å². The van der Waals surface area contributed by atoms with Gasteiger partial charge in [-0.3, -0.25) is 9.10 Å². The molecule has 1 heterocycles. The molecule has 34 heavy (non-hydrogen) atoms. The van der Waals surface area contributed by atoms with Gasteiger partial charge in [-0.25, -0.2) is 13.8 Å². The van der Waals surface area contributed by atoms with Crippen molar-refractivity contribution in [2.75, 3.05) is 24.1 Å². The van der Waals surface area contributed by atoms with Crippen molar-refractivity contribution in [2.45, 2.75) is 11.8 Å². The molecule has 1 amide bonds. The zero-order valence-electron chi connectivity index (χ0n) is 18.3. The van der Waals surface area contributed by atoms with E-state index in [1.807, 2.05) is 6.92 Å². The summed E-state index contributed by atoms with van der Waals surface area (Å²) in [5.41, 5.74) is 4.22. The number of hydrazone groups is 1. The number of ether oxygens (including phenoxy) is 2. The van der Waals surface area contributed by atoms with Crippen LogP contribution in [0.4, 0.5) is 5.69 Å². The zero-order valence-corrected chi connectivity index (χ0v) is 19.8. The summed E-state index contributed by atoms with van der Waals surface area (Å²) in [6.45, 7) is 2.25. The number of hydrogen-bond donors (Lipinski definition) is 1.